The molecule has 3 aromatic rings. The van der Waals surface area contributed by atoms with E-state index in [0.29, 0.717) is 22.4 Å². The van der Waals surface area contributed by atoms with E-state index in [1.165, 1.54) is 36.4 Å². The van der Waals surface area contributed by atoms with Crippen molar-refractivity contribution in [3.05, 3.63) is 98.2 Å². The lowest BCUT2D eigenvalue weighted by Crippen LogP contribution is -2.43. The second-order valence-electron chi connectivity index (χ2n) is 9.25. The second-order valence-corrected chi connectivity index (χ2v) is 9.25. The van der Waals surface area contributed by atoms with E-state index in [-0.39, 0.29) is 31.2 Å². The van der Waals surface area contributed by atoms with E-state index in [0.717, 1.165) is 15.4 Å². The first-order valence-electron chi connectivity index (χ1n) is 12.1. The average Bonchev–Trinajstić information content (AvgIpc) is 2.90. The van der Waals surface area contributed by atoms with Gasteiger partial charge in [0.2, 0.25) is 5.91 Å². The molecule has 4 rings (SSSR count). The Balaban J connectivity index is 1.66. The minimum Gasteiger partial charge on any atom is -0.389 e. The standard InChI is InChI=1S/C27H28FN5O6/c1-16-4-9-19(33-27(38)32(25(36)12-29-33)13-20(34)15-39-3)10-23(16)30-26(37)22-14-31(2)24(35)11-21(22)17-5-7-18(28)8-6-17/h4-10,12,14,20-21,34H,11,13,15H2,1-3H3,(H,30,37). The molecule has 204 valence electrons. The maximum atomic E-state index is 13.5. The normalized spacial score (nSPS) is 16.1. The molecule has 0 saturated carbocycles. The second kappa shape index (κ2) is 11.5. The summed E-state index contributed by atoms with van der Waals surface area (Å²) in [6, 6.07) is 10.5. The molecule has 12 heteroatoms. The molecule has 2 amide bonds. The summed E-state index contributed by atoms with van der Waals surface area (Å²) >= 11 is 0. The fraction of sp³-hybridized carbons (Fsp3) is 0.296. The van der Waals surface area contributed by atoms with Crippen molar-refractivity contribution >= 4 is 17.5 Å². The van der Waals surface area contributed by atoms with Crippen molar-refractivity contribution in [1.29, 1.82) is 0 Å². The first kappa shape index (κ1) is 27.6. The van der Waals surface area contributed by atoms with Crippen LogP contribution in [0.15, 0.2) is 70.0 Å². The molecule has 1 aromatic heterocycles. The van der Waals surface area contributed by atoms with Crippen LogP contribution in [0.4, 0.5) is 10.1 Å². The molecule has 2 atom stereocenters. The number of aryl methyl sites for hydroxylation is 1. The maximum Gasteiger partial charge on any atom is 0.352 e. The van der Waals surface area contributed by atoms with Gasteiger partial charge in [0.1, 0.15) is 12.0 Å². The van der Waals surface area contributed by atoms with E-state index in [9.17, 15) is 28.7 Å². The molecule has 0 spiro atoms. The van der Waals surface area contributed by atoms with Gasteiger partial charge in [-0.25, -0.2) is 9.18 Å². The number of halogens is 1. The Bertz CT molecular complexity index is 1550. The molecule has 0 fully saturated rings. The zero-order chi connectivity index (χ0) is 28.3. The van der Waals surface area contributed by atoms with E-state index in [4.69, 9.17) is 4.74 Å². The number of aromatic nitrogens is 3. The number of nitrogens with one attached hydrogen (secondary N) is 1. The molecular formula is C27H28FN5O6. The highest BCUT2D eigenvalue weighted by atomic mass is 19.1. The van der Waals surface area contributed by atoms with Gasteiger partial charge in [0.25, 0.3) is 11.5 Å². The molecule has 2 unspecified atom stereocenters. The van der Waals surface area contributed by atoms with Crippen LogP contribution in [0.1, 0.15) is 23.5 Å². The first-order chi connectivity index (χ1) is 18.6. The molecular weight excluding hydrogens is 509 g/mol. The highest BCUT2D eigenvalue weighted by Crippen LogP contribution is 2.33. The first-order valence-corrected chi connectivity index (χ1v) is 12.1. The smallest absolute Gasteiger partial charge is 0.352 e. The molecule has 2 N–H and O–H groups in total. The van der Waals surface area contributed by atoms with Crippen molar-refractivity contribution in [2.45, 2.75) is 31.9 Å². The number of carbonyl (C=O) groups excluding carboxylic acids is 2. The summed E-state index contributed by atoms with van der Waals surface area (Å²) < 4.78 is 20.2. The summed E-state index contributed by atoms with van der Waals surface area (Å²) in [5.74, 6) is -1.67. The largest absolute Gasteiger partial charge is 0.389 e. The minimum absolute atomic E-state index is 0.0379. The Morgan fingerprint density at radius 3 is 2.62 bits per heavy atom. The molecule has 2 heterocycles. The molecule has 0 bridgehead atoms. The van der Waals surface area contributed by atoms with E-state index in [2.05, 4.69) is 10.4 Å². The van der Waals surface area contributed by atoms with Crippen LogP contribution >= 0.6 is 0 Å². The van der Waals surface area contributed by atoms with Crippen molar-refractivity contribution < 1.29 is 23.8 Å². The zero-order valence-corrected chi connectivity index (χ0v) is 21.6. The van der Waals surface area contributed by atoms with Gasteiger partial charge in [0.15, 0.2) is 0 Å². The summed E-state index contributed by atoms with van der Waals surface area (Å²) in [6.07, 6.45) is 1.39. The number of amides is 2. The lowest BCUT2D eigenvalue weighted by Gasteiger charge is -2.28. The summed E-state index contributed by atoms with van der Waals surface area (Å²) in [6.45, 7) is 1.42. The summed E-state index contributed by atoms with van der Waals surface area (Å²) in [5, 5.41) is 16.8. The number of carbonyl (C=O) groups is 2. The van der Waals surface area contributed by atoms with E-state index in [1.54, 1.807) is 38.2 Å². The highest BCUT2D eigenvalue weighted by molar-refractivity contribution is 6.06. The topological polar surface area (TPSA) is 136 Å². The molecule has 39 heavy (non-hydrogen) atoms. The van der Waals surface area contributed by atoms with Gasteiger partial charge in [-0.2, -0.15) is 9.78 Å². The maximum absolute atomic E-state index is 13.5. The van der Waals surface area contributed by atoms with Gasteiger partial charge >= 0.3 is 5.69 Å². The third-order valence-electron chi connectivity index (χ3n) is 6.44. The summed E-state index contributed by atoms with van der Waals surface area (Å²) in [4.78, 5) is 52.5. The Morgan fingerprint density at radius 1 is 1.21 bits per heavy atom. The molecule has 1 aliphatic rings. The Hall–Kier alpha value is -4.42. The Kier molecular flexibility index (Phi) is 8.17. The number of benzene rings is 2. The van der Waals surface area contributed by atoms with Gasteiger partial charge in [-0.3, -0.25) is 19.0 Å². The zero-order valence-electron chi connectivity index (χ0n) is 21.6. The number of nitrogens with zero attached hydrogens (tertiary/aromatic N) is 4. The van der Waals surface area contributed by atoms with E-state index >= 15 is 0 Å². The summed E-state index contributed by atoms with van der Waals surface area (Å²) in [5.41, 5.74) is 0.815. The van der Waals surface area contributed by atoms with Gasteiger partial charge in [0.05, 0.1) is 24.9 Å². The monoisotopic (exact) mass is 537 g/mol. The van der Waals surface area contributed by atoms with Crippen molar-refractivity contribution in [2.24, 2.45) is 0 Å². The number of ether oxygens (including phenoxy) is 1. The third kappa shape index (κ3) is 6.02. The number of methoxy groups -OCH3 is 1. The van der Waals surface area contributed by atoms with Gasteiger partial charge in [-0.05, 0) is 42.3 Å². The van der Waals surface area contributed by atoms with Crippen LogP contribution in [0.2, 0.25) is 0 Å². The lowest BCUT2D eigenvalue weighted by molar-refractivity contribution is -0.128. The van der Waals surface area contributed by atoms with Gasteiger partial charge in [-0.15, -0.1) is 0 Å². The van der Waals surface area contributed by atoms with E-state index in [1.807, 2.05) is 0 Å². The molecule has 11 nitrogen and oxygen atoms in total. The van der Waals surface area contributed by atoms with Crippen molar-refractivity contribution in [3.8, 4) is 5.69 Å². The van der Waals surface area contributed by atoms with Crippen LogP contribution in [0.25, 0.3) is 5.69 Å². The van der Waals surface area contributed by atoms with E-state index < -0.39 is 35.0 Å². The quantitative estimate of drug-likeness (QED) is 0.442. The SMILES string of the molecule is COCC(O)Cn1c(=O)cnn(-c2ccc(C)c(NC(=O)C3=CN(C)C(=O)CC3c3ccc(F)cc3)c2)c1=O. The molecule has 2 aromatic carbocycles. The molecule has 0 radical (unpaired) electrons. The van der Waals surface area contributed by atoms with Crippen molar-refractivity contribution in [1.82, 2.24) is 19.2 Å². The Labute approximate surface area is 222 Å². The van der Waals surface area contributed by atoms with Gasteiger partial charge < -0.3 is 20.1 Å². The van der Waals surface area contributed by atoms with Crippen LogP contribution in [-0.4, -0.2) is 63.0 Å². The number of aliphatic hydroxyl groups is 1. The fourth-order valence-corrected chi connectivity index (χ4v) is 4.32. The Morgan fingerprint density at radius 2 is 1.92 bits per heavy atom. The van der Waals surface area contributed by atoms with Gasteiger partial charge in [0, 0.05) is 44.0 Å². The summed E-state index contributed by atoms with van der Waals surface area (Å²) in [7, 11) is 2.94. The van der Waals surface area contributed by atoms with Crippen LogP contribution in [0, 0.1) is 12.7 Å². The number of hydrogen-bond donors (Lipinski definition) is 2. The average molecular weight is 538 g/mol. The molecule has 0 aliphatic carbocycles. The molecule has 0 saturated heterocycles. The third-order valence-corrected chi connectivity index (χ3v) is 6.44. The minimum atomic E-state index is -1.08. The van der Waals surface area contributed by atoms with Crippen molar-refractivity contribution in [2.75, 3.05) is 26.1 Å². The number of aliphatic hydroxyl groups excluding tert-OH is 1. The molecule has 1 aliphatic heterocycles. The highest BCUT2D eigenvalue weighted by Gasteiger charge is 2.31. The van der Waals surface area contributed by atoms with Crippen LogP contribution in [-0.2, 0) is 20.9 Å². The van der Waals surface area contributed by atoms with Crippen LogP contribution in [0.3, 0.4) is 0 Å². The van der Waals surface area contributed by atoms with Crippen molar-refractivity contribution in [3.63, 3.8) is 0 Å². The number of hydrogen-bond acceptors (Lipinski definition) is 7. The lowest BCUT2D eigenvalue weighted by atomic mass is 9.85. The fourth-order valence-electron chi connectivity index (χ4n) is 4.32. The number of rotatable bonds is 8. The predicted molar refractivity (Wildman–Crippen MR) is 140 cm³/mol. The van der Waals surface area contributed by atoms with Gasteiger partial charge in [-0.1, -0.05) is 18.2 Å². The predicted octanol–water partition coefficient (Wildman–Crippen LogP) is 1.32. The van der Waals surface area contributed by atoms with Crippen LogP contribution < -0.4 is 16.6 Å². The number of anilines is 1. The van der Waals surface area contributed by atoms with Crippen LogP contribution in [0.5, 0.6) is 0 Å².